The van der Waals surface area contributed by atoms with E-state index in [1.807, 2.05) is 26.1 Å². The van der Waals surface area contributed by atoms with Gasteiger partial charge in [0.15, 0.2) is 5.65 Å². The average molecular weight is 375 g/mol. The highest BCUT2D eigenvalue weighted by molar-refractivity contribution is 5.79. The first kappa shape index (κ1) is 17.5. The number of aromatic nitrogens is 4. The molecule has 0 amide bonds. The van der Waals surface area contributed by atoms with E-state index in [0.29, 0.717) is 12.5 Å². The fourth-order valence-corrected chi connectivity index (χ4v) is 4.05. The van der Waals surface area contributed by atoms with Crippen LogP contribution in [0.5, 0.6) is 0 Å². The summed E-state index contributed by atoms with van der Waals surface area (Å²) in [7, 11) is 0. The molecule has 0 radical (unpaired) electrons. The number of ether oxygens (including phenoxy) is 1. The van der Waals surface area contributed by atoms with Gasteiger partial charge in [-0.15, -0.1) is 0 Å². The van der Waals surface area contributed by atoms with Gasteiger partial charge in [-0.1, -0.05) is 6.42 Å². The first-order chi connectivity index (χ1) is 13.7. The van der Waals surface area contributed by atoms with Gasteiger partial charge in [0.1, 0.15) is 6.10 Å². The second-order valence-corrected chi connectivity index (χ2v) is 7.90. The molecule has 2 aliphatic rings. The second-order valence-electron chi connectivity index (χ2n) is 7.90. The van der Waals surface area contributed by atoms with Gasteiger partial charge in [-0.3, -0.25) is 4.98 Å². The van der Waals surface area contributed by atoms with Crippen LogP contribution in [-0.4, -0.2) is 39.6 Å². The summed E-state index contributed by atoms with van der Waals surface area (Å²) in [6, 6.07) is 8.33. The summed E-state index contributed by atoms with van der Waals surface area (Å²) in [6.45, 7) is 6.22. The summed E-state index contributed by atoms with van der Waals surface area (Å²) in [5, 5.41) is 1.11. The highest BCUT2D eigenvalue weighted by Gasteiger charge is 2.28. The molecule has 4 heterocycles. The van der Waals surface area contributed by atoms with E-state index in [4.69, 9.17) is 19.7 Å². The fraction of sp³-hybridized carbons (Fsp3) is 0.455. The normalized spacial score (nSPS) is 20.4. The predicted octanol–water partition coefficient (Wildman–Crippen LogP) is 3.88. The molecule has 0 spiro atoms. The van der Waals surface area contributed by atoms with Crippen LogP contribution in [0.4, 0.5) is 5.95 Å². The molecule has 1 saturated heterocycles. The molecule has 1 saturated carbocycles. The van der Waals surface area contributed by atoms with Gasteiger partial charge >= 0.3 is 0 Å². The minimum absolute atomic E-state index is 0.00682. The smallest absolute Gasteiger partial charge is 0.227 e. The fourth-order valence-electron chi connectivity index (χ4n) is 4.05. The van der Waals surface area contributed by atoms with E-state index in [1.165, 1.54) is 25.0 Å². The SMILES string of the molecule is Cc1cc(C2CN(c3nc(C4CCC4)c4ccc(C)nc4n3)CCO2)ccn1. The Balaban J connectivity index is 1.51. The minimum atomic E-state index is 0.00682. The number of morpholine rings is 1. The number of aryl methyl sites for hydroxylation is 2. The van der Waals surface area contributed by atoms with Gasteiger partial charge in [0.2, 0.25) is 5.95 Å². The van der Waals surface area contributed by atoms with Gasteiger partial charge in [0, 0.05) is 35.4 Å². The summed E-state index contributed by atoms with van der Waals surface area (Å²) < 4.78 is 6.05. The van der Waals surface area contributed by atoms with Gasteiger partial charge in [0.05, 0.1) is 18.8 Å². The van der Waals surface area contributed by atoms with E-state index in [0.717, 1.165) is 47.0 Å². The Morgan fingerprint density at radius 2 is 1.93 bits per heavy atom. The predicted molar refractivity (Wildman–Crippen MR) is 109 cm³/mol. The van der Waals surface area contributed by atoms with E-state index in [9.17, 15) is 0 Å². The third kappa shape index (κ3) is 3.22. The first-order valence-electron chi connectivity index (χ1n) is 10.1. The standard InChI is InChI=1S/C22H25N5O/c1-14-6-7-18-20(16-4-3-5-16)25-22(26-21(18)24-14)27-10-11-28-19(13-27)17-8-9-23-15(2)12-17/h6-9,12,16,19H,3-5,10-11,13H2,1-2H3. The van der Waals surface area contributed by atoms with Crippen LogP contribution < -0.4 is 4.90 Å². The molecule has 2 fully saturated rings. The van der Waals surface area contributed by atoms with Crippen LogP contribution in [0.15, 0.2) is 30.5 Å². The zero-order chi connectivity index (χ0) is 19.1. The lowest BCUT2D eigenvalue weighted by molar-refractivity contribution is 0.0391. The highest BCUT2D eigenvalue weighted by Crippen LogP contribution is 2.39. The Morgan fingerprint density at radius 3 is 2.71 bits per heavy atom. The maximum atomic E-state index is 6.05. The van der Waals surface area contributed by atoms with E-state index in [1.54, 1.807) is 0 Å². The molecule has 1 aliphatic heterocycles. The van der Waals surface area contributed by atoms with Gasteiger partial charge in [-0.2, -0.15) is 4.98 Å². The molecule has 6 heteroatoms. The van der Waals surface area contributed by atoms with Crippen LogP contribution in [0, 0.1) is 13.8 Å². The van der Waals surface area contributed by atoms with Crippen molar-refractivity contribution in [1.82, 2.24) is 19.9 Å². The third-order valence-electron chi connectivity index (χ3n) is 5.85. The molecule has 1 aliphatic carbocycles. The summed E-state index contributed by atoms with van der Waals surface area (Å²) in [5.74, 6) is 1.32. The average Bonchev–Trinajstić information content (AvgIpc) is 2.66. The summed E-state index contributed by atoms with van der Waals surface area (Å²) in [4.78, 5) is 21.1. The van der Waals surface area contributed by atoms with Crippen molar-refractivity contribution in [3.63, 3.8) is 0 Å². The molecule has 0 aromatic carbocycles. The lowest BCUT2D eigenvalue weighted by Gasteiger charge is -2.34. The van der Waals surface area contributed by atoms with Crippen molar-refractivity contribution in [3.05, 3.63) is 53.1 Å². The molecule has 1 atom stereocenters. The van der Waals surface area contributed by atoms with E-state index in [-0.39, 0.29) is 6.10 Å². The molecule has 3 aromatic rings. The van der Waals surface area contributed by atoms with Crippen molar-refractivity contribution in [2.45, 2.75) is 45.1 Å². The summed E-state index contributed by atoms with van der Waals surface area (Å²) in [6.07, 6.45) is 5.56. The lowest BCUT2D eigenvalue weighted by atomic mass is 9.82. The quantitative estimate of drug-likeness (QED) is 0.692. The Kier molecular flexibility index (Phi) is 4.43. The highest BCUT2D eigenvalue weighted by atomic mass is 16.5. The largest absolute Gasteiger partial charge is 0.370 e. The molecule has 144 valence electrons. The number of fused-ring (bicyclic) bond motifs is 1. The molecule has 28 heavy (non-hydrogen) atoms. The first-order valence-corrected chi connectivity index (χ1v) is 10.1. The van der Waals surface area contributed by atoms with Crippen LogP contribution in [0.1, 0.15) is 53.9 Å². The van der Waals surface area contributed by atoms with Crippen LogP contribution in [-0.2, 0) is 4.74 Å². The number of pyridine rings is 2. The van der Waals surface area contributed by atoms with Crippen LogP contribution in [0.3, 0.4) is 0 Å². The number of hydrogen-bond acceptors (Lipinski definition) is 6. The molecule has 1 unspecified atom stereocenters. The molecular formula is C22H25N5O. The lowest BCUT2D eigenvalue weighted by Crippen LogP contribution is -2.39. The Morgan fingerprint density at radius 1 is 1.04 bits per heavy atom. The molecule has 0 bridgehead atoms. The molecule has 3 aromatic heterocycles. The van der Waals surface area contributed by atoms with E-state index < -0.39 is 0 Å². The van der Waals surface area contributed by atoms with Crippen LogP contribution >= 0.6 is 0 Å². The van der Waals surface area contributed by atoms with Crippen LogP contribution in [0.25, 0.3) is 11.0 Å². The Labute approximate surface area is 165 Å². The van der Waals surface area contributed by atoms with Crippen molar-refractivity contribution in [3.8, 4) is 0 Å². The monoisotopic (exact) mass is 375 g/mol. The summed E-state index contributed by atoms with van der Waals surface area (Å²) in [5.41, 5.74) is 5.14. The number of rotatable bonds is 3. The van der Waals surface area contributed by atoms with Gasteiger partial charge in [0.25, 0.3) is 0 Å². The topological polar surface area (TPSA) is 64.0 Å². The Bertz CT molecular complexity index is 1020. The number of anilines is 1. The minimum Gasteiger partial charge on any atom is -0.370 e. The third-order valence-corrected chi connectivity index (χ3v) is 5.85. The zero-order valence-corrected chi connectivity index (χ0v) is 16.4. The maximum Gasteiger partial charge on any atom is 0.227 e. The van der Waals surface area contributed by atoms with Crippen molar-refractivity contribution < 1.29 is 4.74 Å². The molecule has 5 rings (SSSR count). The van der Waals surface area contributed by atoms with Gasteiger partial charge in [-0.25, -0.2) is 9.97 Å². The van der Waals surface area contributed by atoms with Gasteiger partial charge in [-0.05, 0) is 56.5 Å². The van der Waals surface area contributed by atoms with Crippen molar-refractivity contribution in [1.29, 1.82) is 0 Å². The van der Waals surface area contributed by atoms with E-state index in [2.05, 4.69) is 28.1 Å². The zero-order valence-electron chi connectivity index (χ0n) is 16.4. The summed E-state index contributed by atoms with van der Waals surface area (Å²) >= 11 is 0. The van der Waals surface area contributed by atoms with Crippen LogP contribution in [0.2, 0.25) is 0 Å². The van der Waals surface area contributed by atoms with E-state index >= 15 is 0 Å². The number of nitrogens with zero attached hydrogens (tertiary/aromatic N) is 5. The van der Waals surface area contributed by atoms with Crippen molar-refractivity contribution >= 4 is 17.0 Å². The molecular weight excluding hydrogens is 350 g/mol. The second kappa shape index (κ2) is 7.09. The molecule has 6 nitrogen and oxygen atoms in total. The van der Waals surface area contributed by atoms with Gasteiger partial charge < -0.3 is 9.64 Å². The number of hydrogen-bond donors (Lipinski definition) is 0. The maximum absolute atomic E-state index is 6.05. The Hall–Kier alpha value is -2.60. The van der Waals surface area contributed by atoms with Crippen molar-refractivity contribution in [2.75, 3.05) is 24.6 Å². The van der Waals surface area contributed by atoms with Crippen molar-refractivity contribution in [2.24, 2.45) is 0 Å². The molecule has 0 N–H and O–H groups in total.